The van der Waals surface area contributed by atoms with Crippen molar-refractivity contribution in [2.75, 3.05) is 20.3 Å². The predicted molar refractivity (Wildman–Crippen MR) is 61.9 cm³/mol. The molecule has 0 spiro atoms. The smallest absolute Gasteiger partial charge is 0.338 e. The molecule has 1 aromatic carbocycles. The number of carboxylic acid groups (broad SMARTS) is 1. The van der Waals surface area contributed by atoms with E-state index < -0.39 is 0 Å². The third kappa shape index (κ3) is 7.98. The van der Waals surface area contributed by atoms with Gasteiger partial charge in [-0.15, -0.1) is 0 Å². The van der Waals surface area contributed by atoms with E-state index in [0.29, 0.717) is 18.8 Å². The van der Waals surface area contributed by atoms with E-state index in [2.05, 4.69) is 0 Å². The highest BCUT2D eigenvalue weighted by Crippen LogP contribution is 2.01. The number of hydrogen-bond donors (Lipinski definition) is 1. The molecule has 5 heteroatoms. The Bertz CT molecular complexity index is 310. The van der Waals surface area contributed by atoms with E-state index in [0.717, 1.165) is 6.42 Å². The van der Waals surface area contributed by atoms with Gasteiger partial charge < -0.3 is 14.6 Å². The van der Waals surface area contributed by atoms with E-state index >= 15 is 0 Å². The quantitative estimate of drug-likeness (QED) is 0.480. The zero-order chi connectivity index (χ0) is 12.9. The topological polar surface area (TPSA) is 72.8 Å². The molecule has 0 amide bonds. The van der Waals surface area contributed by atoms with Gasteiger partial charge in [-0.25, -0.2) is 4.79 Å². The Morgan fingerprint density at radius 1 is 1.29 bits per heavy atom. The number of carbonyl (C=O) groups is 2. The van der Waals surface area contributed by atoms with E-state index in [1.807, 2.05) is 18.2 Å². The van der Waals surface area contributed by atoms with Crippen molar-refractivity contribution < 1.29 is 24.2 Å². The van der Waals surface area contributed by atoms with Crippen LogP contribution in [-0.4, -0.2) is 37.9 Å². The molecule has 0 aliphatic carbocycles. The lowest BCUT2D eigenvalue weighted by Crippen LogP contribution is -2.07. The van der Waals surface area contributed by atoms with E-state index in [1.165, 1.54) is 0 Å². The highest BCUT2D eigenvalue weighted by atomic mass is 16.5. The summed E-state index contributed by atoms with van der Waals surface area (Å²) in [7, 11) is 1.62. The fourth-order valence-corrected chi connectivity index (χ4v) is 1.03. The summed E-state index contributed by atoms with van der Waals surface area (Å²) in [5, 5.41) is 6.89. The maximum Gasteiger partial charge on any atom is 0.338 e. The van der Waals surface area contributed by atoms with Crippen molar-refractivity contribution in [3.63, 3.8) is 0 Å². The Balaban J connectivity index is 0.000000770. The summed E-state index contributed by atoms with van der Waals surface area (Å²) >= 11 is 0. The SMILES string of the molecule is COCCCOC(=O)c1ccccc1.O=CO. The van der Waals surface area contributed by atoms with Crippen molar-refractivity contribution in [1.82, 2.24) is 0 Å². The van der Waals surface area contributed by atoms with Gasteiger partial charge in [-0.2, -0.15) is 0 Å². The van der Waals surface area contributed by atoms with Gasteiger partial charge in [0.25, 0.3) is 6.47 Å². The fourth-order valence-electron chi connectivity index (χ4n) is 1.03. The highest BCUT2D eigenvalue weighted by molar-refractivity contribution is 5.89. The molecule has 0 aromatic heterocycles. The van der Waals surface area contributed by atoms with Crippen LogP contribution in [0.4, 0.5) is 0 Å². The second-order valence-corrected chi connectivity index (χ2v) is 2.95. The molecule has 1 aromatic rings. The highest BCUT2D eigenvalue weighted by Gasteiger charge is 2.04. The molecule has 0 saturated heterocycles. The van der Waals surface area contributed by atoms with Gasteiger partial charge in [0.05, 0.1) is 12.2 Å². The van der Waals surface area contributed by atoms with Gasteiger partial charge in [0, 0.05) is 20.1 Å². The molecule has 0 heterocycles. The van der Waals surface area contributed by atoms with Gasteiger partial charge in [-0.1, -0.05) is 18.2 Å². The summed E-state index contributed by atoms with van der Waals surface area (Å²) in [6.07, 6.45) is 0.731. The molecule has 0 unspecified atom stereocenters. The largest absolute Gasteiger partial charge is 0.483 e. The third-order valence-electron chi connectivity index (χ3n) is 1.74. The molecular formula is C12H16O5. The summed E-state index contributed by atoms with van der Waals surface area (Å²) in [5.74, 6) is -0.276. The molecule has 0 bridgehead atoms. The van der Waals surface area contributed by atoms with Gasteiger partial charge in [0.2, 0.25) is 0 Å². The number of esters is 1. The van der Waals surface area contributed by atoms with Gasteiger partial charge in [0.1, 0.15) is 0 Å². The molecule has 5 nitrogen and oxygen atoms in total. The molecule has 0 aliphatic heterocycles. The summed E-state index contributed by atoms with van der Waals surface area (Å²) in [4.78, 5) is 19.7. The Kier molecular flexibility index (Phi) is 9.46. The minimum absolute atomic E-state index is 0.250. The predicted octanol–water partition coefficient (Wildman–Crippen LogP) is 1.58. The molecule has 0 aliphatic rings. The average molecular weight is 240 g/mol. The van der Waals surface area contributed by atoms with Crippen molar-refractivity contribution in [3.8, 4) is 0 Å². The first-order valence-corrected chi connectivity index (χ1v) is 5.05. The third-order valence-corrected chi connectivity index (χ3v) is 1.74. The van der Waals surface area contributed by atoms with Gasteiger partial charge in [-0.05, 0) is 12.1 Å². The van der Waals surface area contributed by atoms with Gasteiger partial charge in [0.15, 0.2) is 0 Å². The zero-order valence-electron chi connectivity index (χ0n) is 9.67. The molecule has 0 fully saturated rings. The monoisotopic (exact) mass is 240 g/mol. The van der Waals surface area contributed by atoms with Crippen LogP contribution >= 0.6 is 0 Å². The van der Waals surface area contributed by atoms with E-state index in [-0.39, 0.29) is 12.4 Å². The molecule has 17 heavy (non-hydrogen) atoms. The first kappa shape index (κ1) is 15.1. The first-order chi connectivity index (χ1) is 8.26. The Morgan fingerprint density at radius 3 is 2.41 bits per heavy atom. The first-order valence-electron chi connectivity index (χ1n) is 5.05. The summed E-state index contributed by atoms with van der Waals surface area (Å²) < 4.78 is 9.85. The number of carbonyl (C=O) groups excluding carboxylic acids is 1. The second-order valence-electron chi connectivity index (χ2n) is 2.95. The van der Waals surface area contributed by atoms with E-state index in [9.17, 15) is 4.79 Å². The maximum absolute atomic E-state index is 11.3. The van der Waals surface area contributed by atoms with Crippen molar-refractivity contribution in [2.45, 2.75) is 6.42 Å². The number of methoxy groups -OCH3 is 1. The Labute approximate surface area is 100.0 Å². The molecule has 0 atom stereocenters. The lowest BCUT2D eigenvalue weighted by Gasteiger charge is -2.03. The van der Waals surface area contributed by atoms with Gasteiger partial charge in [-0.3, -0.25) is 4.79 Å². The van der Waals surface area contributed by atoms with Crippen LogP contribution in [0.25, 0.3) is 0 Å². The molecule has 1 N–H and O–H groups in total. The van der Waals surface area contributed by atoms with Crippen molar-refractivity contribution in [1.29, 1.82) is 0 Å². The Hall–Kier alpha value is -1.88. The Morgan fingerprint density at radius 2 is 1.88 bits per heavy atom. The minimum Gasteiger partial charge on any atom is -0.483 e. The second kappa shape index (κ2) is 10.6. The number of hydrogen-bond acceptors (Lipinski definition) is 4. The van der Waals surface area contributed by atoms with Crippen LogP contribution < -0.4 is 0 Å². The van der Waals surface area contributed by atoms with Crippen LogP contribution in [0, 0.1) is 0 Å². The van der Waals surface area contributed by atoms with Crippen LogP contribution in [0.15, 0.2) is 30.3 Å². The molecular weight excluding hydrogens is 224 g/mol. The fraction of sp³-hybridized carbons (Fsp3) is 0.333. The van der Waals surface area contributed by atoms with Crippen LogP contribution in [-0.2, 0) is 14.3 Å². The van der Waals surface area contributed by atoms with E-state index in [1.54, 1.807) is 19.2 Å². The lowest BCUT2D eigenvalue weighted by molar-refractivity contribution is -0.122. The number of rotatable bonds is 5. The number of ether oxygens (including phenoxy) is 2. The van der Waals surface area contributed by atoms with Crippen LogP contribution in [0.2, 0.25) is 0 Å². The van der Waals surface area contributed by atoms with Crippen LogP contribution in [0.5, 0.6) is 0 Å². The summed E-state index contributed by atoms with van der Waals surface area (Å²) in [6, 6.07) is 8.95. The maximum atomic E-state index is 11.3. The summed E-state index contributed by atoms with van der Waals surface area (Å²) in [6.45, 7) is 0.767. The van der Waals surface area contributed by atoms with E-state index in [4.69, 9.17) is 19.4 Å². The van der Waals surface area contributed by atoms with Gasteiger partial charge >= 0.3 is 5.97 Å². The van der Waals surface area contributed by atoms with Crippen molar-refractivity contribution in [2.24, 2.45) is 0 Å². The molecule has 94 valence electrons. The van der Waals surface area contributed by atoms with Crippen molar-refractivity contribution >= 4 is 12.4 Å². The molecule has 1 rings (SSSR count). The standard InChI is InChI=1S/C11H14O3.CH2O2/c1-13-8-5-9-14-11(12)10-6-3-2-4-7-10;2-1-3/h2-4,6-7H,5,8-9H2,1H3;1H,(H,2,3). The number of benzene rings is 1. The minimum atomic E-state index is -0.276. The zero-order valence-corrected chi connectivity index (χ0v) is 9.67. The normalized spacial score (nSPS) is 8.76. The van der Waals surface area contributed by atoms with Crippen molar-refractivity contribution in [3.05, 3.63) is 35.9 Å². The molecule has 0 saturated carbocycles. The lowest BCUT2D eigenvalue weighted by atomic mass is 10.2. The molecule has 0 radical (unpaired) electrons. The van der Waals surface area contributed by atoms with Crippen LogP contribution in [0.1, 0.15) is 16.8 Å². The van der Waals surface area contributed by atoms with Crippen LogP contribution in [0.3, 0.4) is 0 Å². The average Bonchev–Trinajstić information content (AvgIpc) is 2.36. The summed E-state index contributed by atoms with van der Waals surface area (Å²) in [5.41, 5.74) is 0.588.